The first-order valence-corrected chi connectivity index (χ1v) is 5.31. The number of phenolic OH excluding ortho intramolecular Hbond substituents is 2. The molecule has 0 saturated heterocycles. The van der Waals surface area contributed by atoms with Gasteiger partial charge < -0.3 is 10.2 Å². The Bertz CT molecular complexity index is 489. The van der Waals surface area contributed by atoms with Gasteiger partial charge >= 0.3 is 0 Å². The van der Waals surface area contributed by atoms with E-state index in [4.69, 9.17) is 23.2 Å². The fraction of sp³-hybridized carbons (Fsp3) is 0. The van der Waals surface area contributed by atoms with Gasteiger partial charge in [-0.2, -0.15) is 0 Å². The Balaban J connectivity index is 2.66. The molecule has 2 aromatic rings. The SMILES string of the molecule is Oc1ccc(Cl)c(-c2cc(O)ccc2Cl)c1. The highest BCUT2D eigenvalue weighted by Gasteiger charge is 2.09. The average Bonchev–Trinajstić information content (AvgIpc) is 2.25. The smallest absolute Gasteiger partial charge is 0.116 e. The average molecular weight is 255 g/mol. The molecule has 0 unspecified atom stereocenters. The number of rotatable bonds is 1. The molecule has 2 rings (SSSR count). The number of benzene rings is 2. The highest BCUT2D eigenvalue weighted by molar-refractivity contribution is 6.36. The van der Waals surface area contributed by atoms with Crippen molar-refractivity contribution >= 4 is 23.2 Å². The molecule has 0 bridgehead atoms. The van der Waals surface area contributed by atoms with Crippen LogP contribution in [0.25, 0.3) is 11.1 Å². The Labute approximate surface area is 103 Å². The van der Waals surface area contributed by atoms with Crippen molar-refractivity contribution in [1.82, 2.24) is 0 Å². The zero-order valence-corrected chi connectivity index (χ0v) is 9.63. The molecule has 0 heterocycles. The summed E-state index contributed by atoms with van der Waals surface area (Å²) in [5.41, 5.74) is 1.17. The lowest BCUT2D eigenvalue weighted by Crippen LogP contribution is -1.81. The van der Waals surface area contributed by atoms with E-state index in [1.54, 1.807) is 12.1 Å². The fourth-order valence-corrected chi connectivity index (χ4v) is 1.88. The maximum absolute atomic E-state index is 9.39. The molecule has 2 nitrogen and oxygen atoms in total. The van der Waals surface area contributed by atoms with Crippen LogP contribution < -0.4 is 0 Å². The molecule has 0 aliphatic heterocycles. The number of aromatic hydroxyl groups is 2. The minimum atomic E-state index is 0.0961. The zero-order chi connectivity index (χ0) is 11.7. The summed E-state index contributed by atoms with van der Waals surface area (Å²) in [4.78, 5) is 0. The molecule has 0 aliphatic carbocycles. The summed E-state index contributed by atoms with van der Waals surface area (Å²) in [7, 11) is 0. The Morgan fingerprint density at radius 3 is 1.44 bits per heavy atom. The molecule has 0 saturated carbocycles. The van der Waals surface area contributed by atoms with Gasteiger partial charge in [-0.05, 0) is 36.4 Å². The Morgan fingerprint density at radius 2 is 1.06 bits per heavy atom. The summed E-state index contributed by atoms with van der Waals surface area (Å²) >= 11 is 12.0. The number of halogens is 2. The van der Waals surface area contributed by atoms with Crippen LogP contribution in [-0.2, 0) is 0 Å². The van der Waals surface area contributed by atoms with Crippen LogP contribution in [0.5, 0.6) is 11.5 Å². The van der Waals surface area contributed by atoms with Crippen LogP contribution in [-0.4, -0.2) is 10.2 Å². The summed E-state index contributed by atoms with van der Waals surface area (Å²) in [5, 5.41) is 19.7. The lowest BCUT2D eigenvalue weighted by Gasteiger charge is -2.07. The summed E-state index contributed by atoms with van der Waals surface area (Å²) < 4.78 is 0. The highest BCUT2D eigenvalue weighted by atomic mass is 35.5. The molecule has 16 heavy (non-hydrogen) atoms. The van der Waals surface area contributed by atoms with E-state index in [1.165, 1.54) is 24.3 Å². The van der Waals surface area contributed by atoms with Crippen LogP contribution in [0.2, 0.25) is 10.0 Å². The van der Waals surface area contributed by atoms with Crippen molar-refractivity contribution in [3.8, 4) is 22.6 Å². The predicted molar refractivity (Wildman–Crippen MR) is 65.2 cm³/mol. The fourth-order valence-electron chi connectivity index (χ4n) is 1.44. The van der Waals surface area contributed by atoms with E-state index in [-0.39, 0.29) is 11.5 Å². The van der Waals surface area contributed by atoms with Crippen LogP contribution >= 0.6 is 23.2 Å². The molecule has 82 valence electrons. The normalized spacial score (nSPS) is 10.4. The highest BCUT2D eigenvalue weighted by Crippen LogP contribution is 2.37. The maximum Gasteiger partial charge on any atom is 0.116 e. The standard InChI is InChI=1S/C12H8Cl2O2/c13-11-3-1-7(15)5-9(11)10-6-8(16)2-4-12(10)14/h1-6,15-16H. The third-order valence-corrected chi connectivity index (χ3v) is 2.85. The summed E-state index contributed by atoms with van der Waals surface area (Å²) in [6.07, 6.45) is 0. The van der Waals surface area contributed by atoms with Gasteiger partial charge in [0.1, 0.15) is 11.5 Å². The third kappa shape index (κ3) is 2.08. The van der Waals surface area contributed by atoms with Gasteiger partial charge in [0.2, 0.25) is 0 Å². The van der Waals surface area contributed by atoms with E-state index in [0.29, 0.717) is 21.2 Å². The molecule has 0 radical (unpaired) electrons. The molecule has 0 atom stereocenters. The Morgan fingerprint density at radius 1 is 0.688 bits per heavy atom. The molecular formula is C12H8Cl2O2. The number of phenols is 2. The summed E-state index contributed by atoms with van der Waals surface area (Å²) in [6.45, 7) is 0. The van der Waals surface area contributed by atoms with Crippen molar-refractivity contribution < 1.29 is 10.2 Å². The van der Waals surface area contributed by atoms with Gasteiger partial charge in [0, 0.05) is 21.2 Å². The van der Waals surface area contributed by atoms with Gasteiger partial charge in [-0.1, -0.05) is 23.2 Å². The largest absolute Gasteiger partial charge is 0.508 e. The number of hydrogen-bond acceptors (Lipinski definition) is 2. The molecule has 0 spiro atoms. The van der Waals surface area contributed by atoms with E-state index in [0.717, 1.165) is 0 Å². The van der Waals surface area contributed by atoms with E-state index in [9.17, 15) is 10.2 Å². The molecule has 0 fully saturated rings. The maximum atomic E-state index is 9.39. The molecular weight excluding hydrogens is 247 g/mol. The second kappa shape index (κ2) is 4.24. The quantitative estimate of drug-likeness (QED) is 0.806. The lowest BCUT2D eigenvalue weighted by molar-refractivity contribution is 0.474. The monoisotopic (exact) mass is 254 g/mol. The van der Waals surface area contributed by atoms with Crippen LogP contribution in [0.15, 0.2) is 36.4 Å². The Kier molecular flexibility index (Phi) is 2.95. The van der Waals surface area contributed by atoms with Crippen molar-refractivity contribution in [2.24, 2.45) is 0 Å². The van der Waals surface area contributed by atoms with Crippen molar-refractivity contribution in [1.29, 1.82) is 0 Å². The van der Waals surface area contributed by atoms with Crippen molar-refractivity contribution in [3.05, 3.63) is 46.4 Å². The number of hydrogen-bond donors (Lipinski definition) is 2. The first-order valence-electron chi connectivity index (χ1n) is 4.55. The first-order chi connectivity index (χ1) is 7.58. The second-order valence-electron chi connectivity index (χ2n) is 3.33. The molecule has 2 aromatic carbocycles. The van der Waals surface area contributed by atoms with Crippen LogP contribution in [0.3, 0.4) is 0 Å². The Hall–Kier alpha value is -1.38. The van der Waals surface area contributed by atoms with Gasteiger partial charge in [0.05, 0.1) is 0 Å². The first kappa shape index (κ1) is 11.1. The zero-order valence-electron chi connectivity index (χ0n) is 8.11. The van der Waals surface area contributed by atoms with Gasteiger partial charge in [0.15, 0.2) is 0 Å². The van der Waals surface area contributed by atoms with Crippen molar-refractivity contribution in [3.63, 3.8) is 0 Å². The minimum absolute atomic E-state index is 0.0961. The van der Waals surface area contributed by atoms with Crippen LogP contribution in [0, 0.1) is 0 Å². The van der Waals surface area contributed by atoms with E-state index in [2.05, 4.69) is 0 Å². The van der Waals surface area contributed by atoms with Crippen molar-refractivity contribution in [2.45, 2.75) is 0 Å². The molecule has 0 amide bonds. The summed E-state index contributed by atoms with van der Waals surface area (Å²) in [5.74, 6) is 0.192. The van der Waals surface area contributed by atoms with Gasteiger partial charge in [-0.25, -0.2) is 0 Å². The van der Waals surface area contributed by atoms with Gasteiger partial charge in [0.25, 0.3) is 0 Å². The second-order valence-corrected chi connectivity index (χ2v) is 4.14. The van der Waals surface area contributed by atoms with E-state index in [1.807, 2.05) is 0 Å². The van der Waals surface area contributed by atoms with E-state index >= 15 is 0 Å². The third-order valence-electron chi connectivity index (χ3n) is 2.19. The van der Waals surface area contributed by atoms with Gasteiger partial charge in [-0.15, -0.1) is 0 Å². The van der Waals surface area contributed by atoms with E-state index < -0.39 is 0 Å². The molecule has 4 heteroatoms. The molecule has 0 aliphatic rings. The minimum Gasteiger partial charge on any atom is -0.508 e. The van der Waals surface area contributed by atoms with Crippen molar-refractivity contribution in [2.75, 3.05) is 0 Å². The van der Waals surface area contributed by atoms with Crippen LogP contribution in [0.4, 0.5) is 0 Å². The topological polar surface area (TPSA) is 40.5 Å². The predicted octanol–water partition coefficient (Wildman–Crippen LogP) is 4.07. The lowest BCUT2D eigenvalue weighted by atomic mass is 10.0. The molecule has 0 aromatic heterocycles. The van der Waals surface area contributed by atoms with Gasteiger partial charge in [-0.3, -0.25) is 0 Å². The summed E-state index contributed by atoms with van der Waals surface area (Å²) in [6, 6.07) is 9.14. The van der Waals surface area contributed by atoms with Crippen LogP contribution in [0.1, 0.15) is 0 Å². The molecule has 2 N–H and O–H groups in total.